The van der Waals surface area contributed by atoms with E-state index in [2.05, 4.69) is 162 Å². The summed E-state index contributed by atoms with van der Waals surface area (Å²) < 4.78 is 4.83. The molecule has 0 saturated carbocycles. The Balaban J connectivity index is 1.42. The van der Waals surface area contributed by atoms with E-state index in [9.17, 15) is 0 Å². The Bertz CT molecular complexity index is 2430. The highest BCUT2D eigenvalue weighted by Crippen LogP contribution is 2.42. The van der Waals surface area contributed by atoms with Gasteiger partial charge in [0.1, 0.15) is 5.84 Å². The first-order chi connectivity index (χ1) is 22.3. The Hall–Kier alpha value is -5.74. The van der Waals surface area contributed by atoms with E-state index in [1.807, 2.05) is 6.07 Å². The molecule has 45 heavy (non-hydrogen) atoms. The molecule has 214 valence electrons. The Morgan fingerprint density at radius 2 is 1.11 bits per heavy atom. The van der Waals surface area contributed by atoms with Gasteiger partial charge in [-0.2, -0.15) is 0 Å². The van der Waals surface area contributed by atoms with Crippen LogP contribution in [0.2, 0.25) is 0 Å². The molecule has 8 aromatic rings. The van der Waals surface area contributed by atoms with Crippen LogP contribution in [0.4, 0.5) is 0 Å². The number of para-hydroxylation sites is 3. The van der Waals surface area contributed by atoms with Gasteiger partial charge in [-0.25, -0.2) is 4.99 Å². The van der Waals surface area contributed by atoms with Gasteiger partial charge in [-0.1, -0.05) is 128 Å². The van der Waals surface area contributed by atoms with E-state index in [-0.39, 0.29) is 12.0 Å². The molecule has 1 aliphatic heterocycles. The maximum atomic E-state index is 5.43. The topological polar surface area (TPSA) is 34.6 Å². The van der Waals surface area contributed by atoms with Crippen molar-refractivity contribution in [3.8, 4) is 5.69 Å². The number of amidine groups is 1. The normalized spacial score (nSPS) is 16.8. The number of hydrogen-bond acceptors (Lipinski definition) is 2. The van der Waals surface area contributed by atoms with Gasteiger partial charge in [-0.05, 0) is 35.9 Å². The highest BCUT2D eigenvalue weighted by molar-refractivity contribution is 6.29. The molecule has 2 aromatic heterocycles. The summed E-state index contributed by atoms with van der Waals surface area (Å²) in [6.07, 6.45) is 0. The van der Waals surface area contributed by atoms with Gasteiger partial charge in [0.05, 0.1) is 28.1 Å². The molecule has 0 amide bonds. The second-order valence-corrected chi connectivity index (χ2v) is 11.8. The van der Waals surface area contributed by atoms with Crippen molar-refractivity contribution >= 4 is 55.3 Å². The minimum Gasteiger partial charge on any atom is -0.309 e. The van der Waals surface area contributed by atoms with Crippen LogP contribution in [0.25, 0.3) is 49.3 Å². The van der Waals surface area contributed by atoms with E-state index in [0.717, 1.165) is 28.4 Å². The predicted molar refractivity (Wildman–Crippen MR) is 188 cm³/mol. The Morgan fingerprint density at radius 1 is 0.511 bits per heavy atom. The summed E-state index contributed by atoms with van der Waals surface area (Å²) in [4.78, 5) is 10.7. The number of rotatable bonds is 3. The van der Waals surface area contributed by atoms with Crippen LogP contribution in [0, 0.1) is 5.92 Å². The van der Waals surface area contributed by atoms with Crippen LogP contribution in [-0.2, 0) is 0 Å². The number of fused-ring (bicyclic) bond motifs is 7. The van der Waals surface area contributed by atoms with Crippen LogP contribution in [0.5, 0.6) is 0 Å². The van der Waals surface area contributed by atoms with Crippen LogP contribution in [-0.4, -0.2) is 20.8 Å². The number of benzene rings is 6. The van der Waals surface area contributed by atoms with Crippen LogP contribution in [0.15, 0.2) is 162 Å². The van der Waals surface area contributed by atoms with Crippen molar-refractivity contribution in [2.75, 3.05) is 0 Å². The quantitative estimate of drug-likeness (QED) is 0.200. The minimum absolute atomic E-state index is 0.0246. The molecule has 6 aromatic carbocycles. The first-order valence-corrected chi connectivity index (χ1v) is 15.6. The second-order valence-electron chi connectivity index (χ2n) is 11.8. The Morgan fingerprint density at radius 3 is 1.84 bits per heavy atom. The lowest BCUT2D eigenvalue weighted by atomic mass is 9.92. The third-order valence-corrected chi connectivity index (χ3v) is 9.25. The van der Waals surface area contributed by atoms with Gasteiger partial charge in [0, 0.05) is 38.7 Å². The van der Waals surface area contributed by atoms with E-state index in [1.54, 1.807) is 0 Å². The van der Waals surface area contributed by atoms with E-state index in [1.165, 1.54) is 43.7 Å². The molecule has 0 fully saturated rings. The average molecular weight is 579 g/mol. The summed E-state index contributed by atoms with van der Waals surface area (Å²) in [6, 6.07) is 53.7. The fourth-order valence-corrected chi connectivity index (χ4v) is 7.22. The largest absolute Gasteiger partial charge is 0.309 e. The van der Waals surface area contributed by atoms with Crippen molar-refractivity contribution in [2.45, 2.75) is 13.0 Å². The zero-order valence-electron chi connectivity index (χ0n) is 24.9. The standard InChI is InChI=1S/C41H30N4/c1-27-38(28-15-5-2-6-16-28)42-40(29-17-7-3-8-18-29)43-41(27)45-34-23-13-11-21-31(34)32-25-26-36-37(39(32)45)33-22-12-14-24-35(33)44(36)30-19-9-4-10-20-30/h2-27,38H,1H3/t27-,38?/m0/s1. The molecule has 1 unspecified atom stereocenters. The average Bonchev–Trinajstić information content (AvgIpc) is 3.62. The van der Waals surface area contributed by atoms with Crippen molar-refractivity contribution in [3.63, 3.8) is 0 Å². The molecule has 0 N–H and O–H groups in total. The van der Waals surface area contributed by atoms with Crippen molar-refractivity contribution in [1.82, 2.24) is 9.13 Å². The lowest BCUT2D eigenvalue weighted by Gasteiger charge is -2.29. The minimum atomic E-state index is -0.0741. The summed E-state index contributed by atoms with van der Waals surface area (Å²) in [6.45, 7) is 2.27. The molecule has 0 saturated heterocycles. The zero-order chi connectivity index (χ0) is 29.9. The molecule has 4 nitrogen and oxygen atoms in total. The summed E-state index contributed by atoms with van der Waals surface area (Å²) in [5, 5.41) is 4.91. The molecule has 4 heteroatoms. The smallest absolute Gasteiger partial charge is 0.157 e. The van der Waals surface area contributed by atoms with E-state index in [4.69, 9.17) is 9.98 Å². The van der Waals surface area contributed by atoms with Crippen molar-refractivity contribution < 1.29 is 0 Å². The first-order valence-electron chi connectivity index (χ1n) is 15.6. The molecule has 1 aliphatic rings. The molecule has 9 rings (SSSR count). The van der Waals surface area contributed by atoms with Gasteiger partial charge in [0.25, 0.3) is 0 Å². The molecule has 2 atom stereocenters. The molecule has 0 radical (unpaired) electrons. The highest BCUT2D eigenvalue weighted by Gasteiger charge is 2.32. The number of hydrogen-bond donors (Lipinski definition) is 0. The molecule has 0 aliphatic carbocycles. The van der Waals surface area contributed by atoms with Crippen LogP contribution in [0.3, 0.4) is 0 Å². The molecule has 3 heterocycles. The van der Waals surface area contributed by atoms with E-state index in [0.29, 0.717) is 0 Å². The predicted octanol–water partition coefficient (Wildman–Crippen LogP) is 9.98. The van der Waals surface area contributed by atoms with Crippen LogP contribution in [0.1, 0.15) is 24.1 Å². The fourth-order valence-electron chi connectivity index (χ4n) is 7.22. The number of aromatic nitrogens is 2. The maximum absolute atomic E-state index is 5.43. The highest BCUT2D eigenvalue weighted by atomic mass is 15.1. The van der Waals surface area contributed by atoms with Crippen LogP contribution < -0.4 is 0 Å². The zero-order valence-corrected chi connectivity index (χ0v) is 24.9. The second kappa shape index (κ2) is 10.2. The van der Waals surface area contributed by atoms with Gasteiger partial charge in [0.15, 0.2) is 5.84 Å². The van der Waals surface area contributed by atoms with Crippen molar-refractivity contribution in [1.29, 1.82) is 0 Å². The summed E-state index contributed by atoms with van der Waals surface area (Å²) >= 11 is 0. The summed E-state index contributed by atoms with van der Waals surface area (Å²) in [5.74, 6) is 1.80. The van der Waals surface area contributed by atoms with E-state index >= 15 is 0 Å². The first kappa shape index (κ1) is 25.7. The van der Waals surface area contributed by atoms with Gasteiger partial charge < -0.3 is 4.57 Å². The lowest BCUT2D eigenvalue weighted by Crippen LogP contribution is -2.30. The summed E-state index contributed by atoms with van der Waals surface area (Å²) in [7, 11) is 0. The van der Waals surface area contributed by atoms with Gasteiger partial charge in [-0.15, -0.1) is 0 Å². The Kier molecular flexibility index (Phi) is 5.82. The van der Waals surface area contributed by atoms with E-state index < -0.39 is 0 Å². The number of aliphatic imine (C=N–C) groups is 2. The number of nitrogens with zero attached hydrogens (tertiary/aromatic N) is 4. The van der Waals surface area contributed by atoms with Crippen LogP contribution >= 0.6 is 0 Å². The monoisotopic (exact) mass is 578 g/mol. The maximum Gasteiger partial charge on any atom is 0.157 e. The molecular formula is C41H30N4. The van der Waals surface area contributed by atoms with Crippen molar-refractivity contribution in [3.05, 3.63) is 163 Å². The molecule has 0 spiro atoms. The van der Waals surface area contributed by atoms with Gasteiger partial charge >= 0.3 is 0 Å². The molecular weight excluding hydrogens is 548 g/mol. The fraction of sp³-hybridized carbons (Fsp3) is 0.0732. The third-order valence-electron chi connectivity index (χ3n) is 9.25. The lowest BCUT2D eigenvalue weighted by molar-refractivity contribution is 0.580. The third kappa shape index (κ3) is 3.92. The van der Waals surface area contributed by atoms with Gasteiger partial charge in [-0.3, -0.25) is 9.56 Å². The van der Waals surface area contributed by atoms with Crippen molar-refractivity contribution in [2.24, 2.45) is 15.9 Å². The SMILES string of the molecule is C[C@@H]1C(n2c3ccccc3c3ccc4c(c5ccccc5n4-c4ccccc4)c32)=NC(c2ccccc2)=NC1c1ccccc1. The Labute approximate surface area is 261 Å². The van der Waals surface area contributed by atoms with Gasteiger partial charge in [0.2, 0.25) is 0 Å². The summed E-state index contributed by atoms with van der Waals surface area (Å²) in [5.41, 5.74) is 8.08. The molecule has 0 bridgehead atoms.